The maximum absolute atomic E-state index is 10.2. The third-order valence-corrected chi connectivity index (χ3v) is 3.96. The van der Waals surface area contributed by atoms with Crippen LogP contribution in [0.1, 0.15) is 21.4 Å². The molecule has 0 spiro atoms. The van der Waals surface area contributed by atoms with Gasteiger partial charge in [0, 0.05) is 19.2 Å². The van der Waals surface area contributed by atoms with E-state index in [0.717, 1.165) is 14.9 Å². The highest BCUT2D eigenvalue weighted by molar-refractivity contribution is 9.10. The lowest BCUT2D eigenvalue weighted by Gasteiger charge is -2.09. The van der Waals surface area contributed by atoms with E-state index in [-0.39, 0.29) is 0 Å². The molecule has 0 amide bonds. The van der Waals surface area contributed by atoms with E-state index in [4.69, 9.17) is 11.6 Å². The minimum Gasteiger partial charge on any atom is -0.383 e. The maximum atomic E-state index is 10.2. The first-order valence-corrected chi connectivity index (χ1v) is 6.75. The highest BCUT2D eigenvalue weighted by atomic mass is 79.9. The van der Waals surface area contributed by atoms with Crippen LogP contribution >= 0.6 is 38.9 Å². The predicted octanol–water partition coefficient (Wildman–Crippen LogP) is 4.55. The van der Waals surface area contributed by atoms with Gasteiger partial charge in [0.1, 0.15) is 6.10 Å². The Hall–Kier alpha value is -0.350. The number of benzene rings is 1. The normalized spacial score (nSPS) is 12.8. The Bertz CT molecular complexity index is 489. The van der Waals surface area contributed by atoms with Gasteiger partial charge in [0.25, 0.3) is 0 Å². The zero-order valence-electron chi connectivity index (χ0n) is 8.58. The summed E-state index contributed by atoms with van der Waals surface area (Å²) in [6, 6.07) is 9.41. The van der Waals surface area contributed by atoms with Crippen molar-refractivity contribution in [3.63, 3.8) is 0 Å². The molecule has 0 aliphatic heterocycles. The number of aliphatic hydroxyl groups excluding tert-OH is 1. The minimum atomic E-state index is -0.603. The summed E-state index contributed by atoms with van der Waals surface area (Å²) in [6.45, 7) is 2.02. The smallest absolute Gasteiger partial charge is 0.113 e. The van der Waals surface area contributed by atoms with Crippen LogP contribution in [0.2, 0.25) is 5.02 Å². The molecule has 0 aliphatic rings. The second-order valence-corrected chi connectivity index (χ2v) is 6.23. The Morgan fingerprint density at radius 1 is 1.31 bits per heavy atom. The van der Waals surface area contributed by atoms with Crippen molar-refractivity contribution in [2.75, 3.05) is 0 Å². The van der Waals surface area contributed by atoms with Gasteiger partial charge in [-0.1, -0.05) is 27.5 Å². The largest absolute Gasteiger partial charge is 0.383 e. The molecule has 1 aromatic carbocycles. The van der Waals surface area contributed by atoms with Gasteiger partial charge in [0.15, 0.2) is 0 Å². The Morgan fingerprint density at radius 2 is 2.06 bits per heavy atom. The van der Waals surface area contributed by atoms with Crippen LogP contribution in [0.25, 0.3) is 0 Å². The molecule has 0 saturated carbocycles. The molecular weight excluding hydrogens is 308 g/mol. The van der Waals surface area contributed by atoms with Crippen LogP contribution in [0.3, 0.4) is 0 Å². The van der Waals surface area contributed by atoms with Crippen molar-refractivity contribution in [2.45, 2.75) is 13.0 Å². The lowest BCUT2D eigenvalue weighted by molar-refractivity contribution is 0.224. The Labute approximate surface area is 112 Å². The van der Waals surface area contributed by atoms with E-state index in [1.807, 2.05) is 25.1 Å². The number of hydrogen-bond donors (Lipinski definition) is 1. The summed E-state index contributed by atoms with van der Waals surface area (Å²) in [5.74, 6) is 0. The van der Waals surface area contributed by atoms with Crippen molar-refractivity contribution >= 4 is 38.9 Å². The summed E-state index contributed by atoms with van der Waals surface area (Å²) in [5, 5.41) is 10.8. The molecule has 4 heteroatoms. The van der Waals surface area contributed by atoms with Gasteiger partial charge in [-0.2, -0.15) is 0 Å². The van der Waals surface area contributed by atoms with E-state index in [1.54, 1.807) is 23.5 Å². The molecule has 1 nitrogen and oxygen atoms in total. The lowest BCUT2D eigenvalue weighted by atomic mass is 10.1. The Morgan fingerprint density at radius 3 is 2.62 bits per heavy atom. The molecule has 0 bridgehead atoms. The molecule has 1 aromatic heterocycles. The van der Waals surface area contributed by atoms with Crippen LogP contribution in [-0.4, -0.2) is 5.11 Å². The van der Waals surface area contributed by atoms with Gasteiger partial charge in [-0.3, -0.25) is 0 Å². The lowest BCUT2D eigenvalue weighted by Crippen LogP contribution is -1.96. The fourth-order valence-corrected chi connectivity index (χ4v) is 3.28. The molecule has 84 valence electrons. The van der Waals surface area contributed by atoms with Crippen molar-refractivity contribution in [2.24, 2.45) is 0 Å². The monoisotopic (exact) mass is 316 g/mol. The summed E-state index contributed by atoms with van der Waals surface area (Å²) in [5.41, 5.74) is 0.807. The van der Waals surface area contributed by atoms with Gasteiger partial charge in [0.2, 0.25) is 0 Å². The predicted molar refractivity (Wildman–Crippen MR) is 72.3 cm³/mol. The van der Waals surface area contributed by atoms with Gasteiger partial charge >= 0.3 is 0 Å². The second-order valence-electron chi connectivity index (χ2n) is 3.55. The minimum absolute atomic E-state index is 0.603. The molecule has 1 N–H and O–H groups in total. The fourth-order valence-electron chi connectivity index (χ4n) is 1.50. The van der Waals surface area contributed by atoms with E-state index < -0.39 is 6.10 Å². The van der Waals surface area contributed by atoms with Crippen LogP contribution in [0.5, 0.6) is 0 Å². The van der Waals surface area contributed by atoms with Crippen LogP contribution in [0, 0.1) is 6.92 Å². The molecule has 2 aromatic rings. The molecule has 0 radical (unpaired) electrons. The van der Waals surface area contributed by atoms with Gasteiger partial charge in [-0.05, 0) is 42.8 Å². The zero-order chi connectivity index (χ0) is 11.7. The number of hydrogen-bond acceptors (Lipinski definition) is 2. The van der Waals surface area contributed by atoms with Crippen LogP contribution in [0.15, 0.2) is 34.8 Å². The van der Waals surface area contributed by atoms with Crippen LogP contribution in [-0.2, 0) is 0 Å². The SMILES string of the molecule is Cc1ccc(C(O)c2cc(Cl)cc(Br)c2)s1. The van der Waals surface area contributed by atoms with Gasteiger partial charge in [-0.25, -0.2) is 0 Å². The van der Waals surface area contributed by atoms with E-state index in [2.05, 4.69) is 15.9 Å². The molecule has 0 aliphatic carbocycles. The molecule has 2 rings (SSSR count). The summed E-state index contributed by atoms with van der Waals surface area (Å²) in [7, 11) is 0. The molecule has 0 fully saturated rings. The summed E-state index contributed by atoms with van der Waals surface area (Å²) in [6.07, 6.45) is -0.603. The standard InChI is InChI=1S/C12H10BrClOS/c1-7-2-3-11(16-7)12(15)8-4-9(13)6-10(14)5-8/h2-6,12,15H,1H3. The van der Waals surface area contributed by atoms with Crippen LogP contribution in [0.4, 0.5) is 0 Å². The Balaban J connectivity index is 2.37. The van der Waals surface area contributed by atoms with Gasteiger partial charge < -0.3 is 5.11 Å². The summed E-state index contributed by atoms with van der Waals surface area (Å²) < 4.78 is 0.877. The molecule has 16 heavy (non-hydrogen) atoms. The molecule has 0 saturated heterocycles. The second kappa shape index (κ2) is 4.88. The maximum Gasteiger partial charge on any atom is 0.113 e. The first-order chi connectivity index (χ1) is 7.56. The molecule has 1 atom stereocenters. The quantitative estimate of drug-likeness (QED) is 0.861. The van der Waals surface area contributed by atoms with E-state index in [0.29, 0.717) is 5.02 Å². The number of aryl methyl sites for hydroxylation is 1. The van der Waals surface area contributed by atoms with Crippen molar-refractivity contribution in [1.29, 1.82) is 0 Å². The Kier molecular flexibility index (Phi) is 3.70. The summed E-state index contributed by atoms with van der Waals surface area (Å²) in [4.78, 5) is 2.13. The molecule has 1 unspecified atom stereocenters. The average molecular weight is 318 g/mol. The van der Waals surface area contributed by atoms with E-state index >= 15 is 0 Å². The first kappa shape index (κ1) is 12.1. The van der Waals surface area contributed by atoms with Gasteiger partial charge in [0.05, 0.1) is 0 Å². The summed E-state index contributed by atoms with van der Waals surface area (Å²) >= 11 is 10.9. The van der Waals surface area contributed by atoms with Gasteiger partial charge in [-0.15, -0.1) is 11.3 Å². The van der Waals surface area contributed by atoms with Crippen molar-refractivity contribution in [1.82, 2.24) is 0 Å². The van der Waals surface area contributed by atoms with E-state index in [1.165, 1.54) is 4.88 Å². The third kappa shape index (κ3) is 2.66. The van der Waals surface area contributed by atoms with E-state index in [9.17, 15) is 5.11 Å². The van der Waals surface area contributed by atoms with Crippen molar-refractivity contribution < 1.29 is 5.11 Å². The zero-order valence-corrected chi connectivity index (χ0v) is 11.7. The third-order valence-electron chi connectivity index (χ3n) is 2.23. The van der Waals surface area contributed by atoms with Crippen LogP contribution < -0.4 is 0 Å². The van der Waals surface area contributed by atoms with Crippen molar-refractivity contribution in [3.05, 3.63) is 55.1 Å². The first-order valence-electron chi connectivity index (χ1n) is 4.76. The number of rotatable bonds is 2. The number of thiophene rings is 1. The number of aliphatic hydroxyl groups is 1. The fraction of sp³-hybridized carbons (Fsp3) is 0.167. The number of halogens is 2. The molecule has 1 heterocycles. The average Bonchev–Trinajstić information content (AvgIpc) is 2.62. The van der Waals surface area contributed by atoms with Crippen molar-refractivity contribution in [3.8, 4) is 0 Å². The highest BCUT2D eigenvalue weighted by Gasteiger charge is 2.13. The highest BCUT2D eigenvalue weighted by Crippen LogP contribution is 2.31. The topological polar surface area (TPSA) is 20.2 Å². The molecular formula is C12H10BrClOS.